The van der Waals surface area contributed by atoms with Crippen molar-refractivity contribution in [1.29, 1.82) is 0 Å². The summed E-state index contributed by atoms with van der Waals surface area (Å²) in [7, 11) is 1.65. The van der Waals surface area contributed by atoms with Crippen LogP contribution in [-0.2, 0) is 16.0 Å². The molecular formula is C14H21NO2. The van der Waals surface area contributed by atoms with Gasteiger partial charge in [0.05, 0.1) is 13.2 Å². The van der Waals surface area contributed by atoms with Gasteiger partial charge in [-0.25, -0.2) is 0 Å². The zero-order chi connectivity index (χ0) is 12.7. The summed E-state index contributed by atoms with van der Waals surface area (Å²) >= 11 is 0. The fraction of sp³-hybridized carbons (Fsp3) is 0.500. The monoisotopic (exact) mass is 235 g/mol. The van der Waals surface area contributed by atoms with E-state index in [0.717, 1.165) is 12.1 Å². The molecule has 1 rings (SSSR count). The maximum atomic E-state index is 11.8. The van der Waals surface area contributed by atoms with Gasteiger partial charge in [-0.3, -0.25) is 4.79 Å². The van der Waals surface area contributed by atoms with Crippen molar-refractivity contribution < 1.29 is 9.53 Å². The molecule has 0 aliphatic rings. The first-order valence-corrected chi connectivity index (χ1v) is 5.91. The molecule has 1 aromatic rings. The number of hydrogen-bond acceptors (Lipinski definition) is 3. The van der Waals surface area contributed by atoms with Gasteiger partial charge in [-0.1, -0.05) is 18.2 Å². The van der Waals surface area contributed by atoms with Crippen LogP contribution in [0.4, 0.5) is 0 Å². The van der Waals surface area contributed by atoms with Gasteiger partial charge in [0.25, 0.3) is 0 Å². The fourth-order valence-corrected chi connectivity index (χ4v) is 1.79. The molecule has 0 unspecified atom stereocenters. The van der Waals surface area contributed by atoms with E-state index < -0.39 is 0 Å². The molecule has 0 fully saturated rings. The molecule has 0 bridgehead atoms. The smallest absolute Gasteiger partial charge is 0.150 e. The third-order valence-corrected chi connectivity index (χ3v) is 2.82. The quantitative estimate of drug-likeness (QED) is 0.730. The van der Waals surface area contributed by atoms with Crippen molar-refractivity contribution >= 4 is 5.78 Å². The minimum atomic E-state index is 0.221. The lowest BCUT2D eigenvalue weighted by Gasteiger charge is -2.09. The highest BCUT2D eigenvalue weighted by Gasteiger charge is 2.07. The Labute approximate surface area is 103 Å². The van der Waals surface area contributed by atoms with Gasteiger partial charge in [0, 0.05) is 20.1 Å². The predicted octanol–water partition coefficient (Wildman–Crippen LogP) is 1.65. The van der Waals surface area contributed by atoms with Gasteiger partial charge in [-0.05, 0) is 30.5 Å². The minimum absolute atomic E-state index is 0.221. The number of carbonyl (C=O) groups is 1. The van der Waals surface area contributed by atoms with Crippen LogP contribution < -0.4 is 5.32 Å². The molecule has 3 heteroatoms. The average molecular weight is 235 g/mol. The van der Waals surface area contributed by atoms with E-state index in [-0.39, 0.29) is 5.78 Å². The van der Waals surface area contributed by atoms with Crippen LogP contribution in [0.15, 0.2) is 18.2 Å². The van der Waals surface area contributed by atoms with E-state index in [2.05, 4.69) is 5.32 Å². The Hall–Kier alpha value is -1.19. The number of ketones is 1. The van der Waals surface area contributed by atoms with Crippen molar-refractivity contribution in [3.8, 4) is 0 Å². The second-order valence-electron chi connectivity index (χ2n) is 4.26. The highest BCUT2D eigenvalue weighted by molar-refractivity contribution is 5.83. The molecule has 0 aromatic heterocycles. The zero-order valence-corrected chi connectivity index (χ0v) is 10.9. The van der Waals surface area contributed by atoms with Crippen LogP contribution >= 0.6 is 0 Å². The van der Waals surface area contributed by atoms with Crippen LogP contribution in [0.1, 0.15) is 16.7 Å². The number of rotatable bonds is 7. The Balaban J connectivity index is 2.45. The summed E-state index contributed by atoms with van der Waals surface area (Å²) in [5.41, 5.74) is 3.54. The molecule has 1 aromatic carbocycles. The van der Waals surface area contributed by atoms with E-state index >= 15 is 0 Å². The molecular weight excluding hydrogens is 214 g/mol. The third-order valence-electron chi connectivity index (χ3n) is 2.82. The number of benzene rings is 1. The Morgan fingerprint density at radius 2 is 1.94 bits per heavy atom. The first kappa shape index (κ1) is 13.9. The molecule has 0 spiro atoms. The molecule has 0 aliphatic carbocycles. The van der Waals surface area contributed by atoms with Gasteiger partial charge in [0.1, 0.15) is 0 Å². The van der Waals surface area contributed by atoms with Gasteiger partial charge in [0.2, 0.25) is 0 Å². The Kier molecular flexibility index (Phi) is 5.87. The van der Waals surface area contributed by atoms with Gasteiger partial charge in [0.15, 0.2) is 5.78 Å². The lowest BCUT2D eigenvalue weighted by Crippen LogP contribution is -2.27. The van der Waals surface area contributed by atoms with E-state index in [4.69, 9.17) is 4.74 Å². The maximum absolute atomic E-state index is 11.8. The first-order valence-electron chi connectivity index (χ1n) is 5.91. The van der Waals surface area contributed by atoms with Crippen molar-refractivity contribution in [1.82, 2.24) is 5.32 Å². The number of nitrogens with one attached hydrogen (secondary N) is 1. The topological polar surface area (TPSA) is 38.3 Å². The summed E-state index contributed by atoms with van der Waals surface area (Å²) in [5.74, 6) is 0.221. The van der Waals surface area contributed by atoms with Gasteiger partial charge in [-0.2, -0.15) is 0 Å². The summed E-state index contributed by atoms with van der Waals surface area (Å²) in [6, 6.07) is 6.12. The molecule has 0 heterocycles. The average Bonchev–Trinajstić information content (AvgIpc) is 2.30. The molecule has 94 valence electrons. The van der Waals surface area contributed by atoms with Crippen LogP contribution in [0, 0.1) is 13.8 Å². The summed E-state index contributed by atoms with van der Waals surface area (Å²) in [6.07, 6.45) is 0.512. The Morgan fingerprint density at radius 1 is 1.29 bits per heavy atom. The zero-order valence-electron chi connectivity index (χ0n) is 10.9. The van der Waals surface area contributed by atoms with E-state index in [1.54, 1.807) is 7.11 Å². The highest BCUT2D eigenvalue weighted by atomic mass is 16.5. The fourth-order valence-electron chi connectivity index (χ4n) is 1.79. The third kappa shape index (κ3) is 4.67. The molecule has 0 saturated heterocycles. The standard InChI is InChI=1S/C14H21NO2/c1-11-5-4-6-12(2)14(11)9-13(16)10-15-7-8-17-3/h4-6,15H,7-10H2,1-3H3. The molecule has 17 heavy (non-hydrogen) atoms. The van der Waals surface area contributed by atoms with Crippen LogP contribution in [0.3, 0.4) is 0 Å². The van der Waals surface area contributed by atoms with E-state index in [0.29, 0.717) is 19.6 Å². The summed E-state index contributed by atoms with van der Waals surface area (Å²) in [5, 5.41) is 3.07. The maximum Gasteiger partial charge on any atom is 0.150 e. The summed E-state index contributed by atoms with van der Waals surface area (Å²) in [4.78, 5) is 11.8. The van der Waals surface area contributed by atoms with Crippen molar-refractivity contribution in [3.05, 3.63) is 34.9 Å². The predicted molar refractivity (Wildman–Crippen MR) is 69.4 cm³/mol. The Bertz CT molecular complexity index is 354. The first-order chi connectivity index (χ1) is 8.15. The van der Waals surface area contributed by atoms with Gasteiger partial charge < -0.3 is 10.1 Å². The van der Waals surface area contributed by atoms with Crippen LogP contribution in [0.5, 0.6) is 0 Å². The molecule has 0 aliphatic heterocycles. The van der Waals surface area contributed by atoms with E-state index in [1.807, 2.05) is 32.0 Å². The molecule has 0 atom stereocenters. The summed E-state index contributed by atoms with van der Waals surface area (Å²) in [6.45, 7) is 5.87. The largest absolute Gasteiger partial charge is 0.383 e. The summed E-state index contributed by atoms with van der Waals surface area (Å²) < 4.78 is 4.91. The lowest BCUT2D eigenvalue weighted by molar-refractivity contribution is -0.117. The van der Waals surface area contributed by atoms with Crippen molar-refractivity contribution in [3.63, 3.8) is 0 Å². The normalized spacial score (nSPS) is 10.5. The lowest BCUT2D eigenvalue weighted by atomic mass is 9.98. The van der Waals surface area contributed by atoms with E-state index in [9.17, 15) is 4.79 Å². The highest BCUT2D eigenvalue weighted by Crippen LogP contribution is 2.13. The number of aryl methyl sites for hydroxylation is 2. The molecule has 0 radical (unpaired) electrons. The number of ether oxygens (including phenoxy) is 1. The number of methoxy groups -OCH3 is 1. The molecule has 1 N–H and O–H groups in total. The second-order valence-corrected chi connectivity index (χ2v) is 4.26. The van der Waals surface area contributed by atoms with E-state index in [1.165, 1.54) is 11.1 Å². The van der Waals surface area contributed by atoms with Crippen LogP contribution in [0.25, 0.3) is 0 Å². The Morgan fingerprint density at radius 3 is 2.53 bits per heavy atom. The van der Waals surface area contributed by atoms with Crippen LogP contribution in [-0.4, -0.2) is 32.6 Å². The van der Waals surface area contributed by atoms with Crippen molar-refractivity contribution in [2.75, 3.05) is 26.8 Å². The van der Waals surface area contributed by atoms with Crippen molar-refractivity contribution in [2.45, 2.75) is 20.3 Å². The van der Waals surface area contributed by atoms with Gasteiger partial charge >= 0.3 is 0 Å². The molecule has 0 saturated carbocycles. The molecule has 0 amide bonds. The number of carbonyl (C=O) groups excluding carboxylic acids is 1. The van der Waals surface area contributed by atoms with Crippen molar-refractivity contribution in [2.24, 2.45) is 0 Å². The second kappa shape index (κ2) is 7.20. The van der Waals surface area contributed by atoms with Gasteiger partial charge in [-0.15, -0.1) is 0 Å². The van der Waals surface area contributed by atoms with Crippen LogP contribution in [0.2, 0.25) is 0 Å². The number of Topliss-reactive ketones (excluding diaryl/α,β-unsaturated/α-hetero) is 1. The molecule has 3 nitrogen and oxygen atoms in total. The minimum Gasteiger partial charge on any atom is -0.383 e. The SMILES string of the molecule is COCCNCC(=O)Cc1c(C)cccc1C. The number of hydrogen-bond donors (Lipinski definition) is 1.